The summed E-state index contributed by atoms with van der Waals surface area (Å²) in [4.78, 5) is 25.3. The van der Waals surface area contributed by atoms with E-state index in [1.165, 1.54) is 12.1 Å². The number of carbonyl (C=O) groups is 2. The Kier molecular flexibility index (Phi) is 8.30. The third-order valence-corrected chi connectivity index (χ3v) is 4.10. The first-order valence-electron chi connectivity index (χ1n) is 9.15. The fraction of sp³-hybridized carbons (Fsp3) is 0.333. The Labute approximate surface area is 164 Å². The molecule has 2 aromatic rings. The highest BCUT2D eigenvalue weighted by molar-refractivity contribution is 5.99. The van der Waals surface area contributed by atoms with Crippen LogP contribution in [0.25, 0.3) is 0 Å². The number of hydrogen-bond acceptors (Lipinski definition) is 5. The summed E-state index contributed by atoms with van der Waals surface area (Å²) in [5.41, 5.74) is 0.706. The van der Waals surface area contributed by atoms with Gasteiger partial charge in [-0.15, -0.1) is 0 Å². The summed E-state index contributed by atoms with van der Waals surface area (Å²) in [7, 11) is 1.55. The molecule has 0 bridgehead atoms. The molecular formula is C21H26N2O5. The van der Waals surface area contributed by atoms with Gasteiger partial charge in [0.05, 0.1) is 12.7 Å². The maximum absolute atomic E-state index is 12.7. The van der Waals surface area contributed by atoms with E-state index in [0.717, 1.165) is 0 Å². The molecule has 0 fully saturated rings. The topological polar surface area (TPSA) is 96.9 Å². The molecule has 0 unspecified atom stereocenters. The number of aromatic hydroxyl groups is 1. The molecule has 0 aliphatic rings. The zero-order valence-electron chi connectivity index (χ0n) is 16.1. The van der Waals surface area contributed by atoms with Gasteiger partial charge < -0.3 is 25.2 Å². The van der Waals surface area contributed by atoms with Crippen LogP contribution in [0, 0.1) is 0 Å². The largest absolute Gasteiger partial charge is 0.507 e. The number of phenols is 1. The maximum atomic E-state index is 12.7. The number of phenolic OH excluding ortho intramolecular Hbond substituents is 1. The number of para-hydroxylation sites is 1. The van der Waals surface area contributed by atoms with Crippen molar-refractivity contribution in [1.82, 2.24) is 10.6 Å². The molecule has 2 aromatic carbocycles. The van der Waals surface area contributed by atoms with Crippen molar-refractivity contribution in [2.75, 3.05) is 26.9 Å². The van der Waals surface area contributed by atoms with E-state index in [9.17, 15) is 14.7 Å². The summed E-state index contributed by atoms with van der Waals surface area (Å²) in [6.07, 6.45) is 0.669. The molecule has 150 valence electrons. The fourth-order valence-electron chi connectivity index (χ4n) is 2.60. The normalized spacial score (nSPS) is 11.5. The minimum atomic E-state index is -0.912. The van der Waals surface area contributed by atoms with E-state index in [2.05, 4.69) is 10.6 Å². The van der Waals surface area contributed by atoms with Gasteiger partial charge in [0.15, 0.2) is 0 Å². The second kappa shape index (κ2) is 10.9. The van der Waals surface area contributed by atoms with Gasteiger partial charge >= 0.3 is 0 Å². The summed E-state index contributed by atoms with van der Waals surface area (Å²) in [6.45, 7) is 3.51. The molecule has 0 saturated carbocycles. The zero-order valence-corrected chi connectivity index (χ0v) is 16.1. The predicted molar refractivity (Wildman–Crippen MR) is 105 cm³/mol. The number of nitrogens with one attached hydrogen (secondary N) is 2. The molecule has 0 aliphatic heterocycles. The van der Waals surface area contributed by atoms with E-state index in [-0.39, 0.29) is 17.2 Å². The smallest absolute Gasteiger partial charge is 0.255 e. The number of ether oxygens (including phenoxy) is 2. The minimum Gasteiger partial charge on any atom is -0.507 e. The number of amides is 2. The summed E-state index contributed by atoms with van der Waals surface area (Å²) in [5.74, 6) is -0.383. The quantitative estimate of drug-likeness (QED) is 0.545. The van der Waals surface area contributed by atoms with Crippen LogP contribution in [-0.2, 0) is 9.53 Å². The Morgan fingerprint density at radius 1 is 1.11 bits per heavy atom. The van der Waals surface area contributed by atoms with E-state index >= 15 is 0 Å². The maximum Gasteiger partial charge on any atom is 0.255 e. The highest BCUT2D eigenvalue weighted by Gasteiger charge is 2.24. The van der Waals surface area contributed by atoms with Gasteiger partial charge in [-0.2, -0.15) is 0 Å². The van der Waals surface area contributed by atoms with Gasteiger partial charge in [-0.3, -0.25) is 9.59 Å². The van der Waals surface area contributed by atoms with Crippen LogP contribution >= 0.6 is 0 Å². The molecule has 0 spiro atoms. The number of benzene rings is 2. The highest BCUT2D eigenvalue weighted by atomic mass is 16.5. The van der Waals surface area contributed by atoms with Crippen LogP contribution in [0.2, 0.25) is 0 Å². The van der Waals surface area contributed by atoms with Crippen molar-refractivity contribution in [2.45, 2.75) is 19.4 Å². The van der Waals surface area contributed by atoms with Crippen molar-refractivity contribution in [3.05, 3.63) is 59.7 Å². The highest BCUT2D eigenvalue weighted by Crippen LogP contribution is 2.21. The second-order valence-corrected chi connectivity index (χ2v) is 6.04. The van der Waals surface area contributed by atoms with Crippen LogP contribution < -0.4 is 15.4 Å². The Morgan fingerprint density at radius 2 is 1.82 bits per heavy atom. The molecule has 1 atom stereocenters. The van der Waals surface area contributed by atoms with Crippen LogP contribution in [0.15, 0.2) is 48.5 Å². The summed E-state index contributed by atoms with van der Waals surface area (Å²) in [5, 5.41) is 15.4. The average Bonchev–Trinajstić information content (AvgIpc) is 2.72. The van der Waals surface area contributed by atoms with Crippen molar-refractivity contribution in [3.63, 3.8) is 0 Å². The summed E-state index contributed by atoms with van der Waals surface area (Å²) >= 11 is 0. The summed E-state index contributed by atoms with van der Waals surface area (Å²) < 4.78 is 10.4. The monoisotopic (exact) mass is 386 g/mol. The first kappa shape index (κ1) is 21.2. The lowest BCUT2D eigenvalue weighted by Gasteiger charge is -2.19. The predicted octanol–water partition coefficient (Wildman–Crippen LogP) is 2.41. The lowest BCUT2D eigenvalue weighted by Crippen LogP contribution is -2.41. The van der Waals surface area contributed by atoms with Crippen molar-refractivity contribution in [3.8, 4) is 11.5 Å². The molecule has 3 N–H and O–H groups in total. The van der Waals surface area contributed by atoms with Gasteiger partial charge in [-0.05, 0) is 43.2 Å². The van der Waals surface area contributed by atoms with E-state index in [1.807, 2.05) is 6.92 Å². The fourth-order valence-corrected chi connectivity index (χ4v) is 2.60. The summed E-state index contributed by atoms with van der Waals surface area (Å²) in [6, 6.07) is 12.1. The van der Waals surface area contributed by atoms with Crippen LogP contribution in [0.5, 0.6) is 11.5 Å². The van der Waals surface area contributed by atoms with Gasteiger partial charge in [0, 0.05) is 19.8 Å². The third kappa shape index (κ3) is 5.99. The van der Waals surface area contributed by atoms with E-state index in [0.29, 0.717) is 37.5 Å². The van der Waals surface area contributed by atoms with E-state index in [4.69, 9.17) is 9.47 Å². The van der Waals surface area contributed by atoms with Gasteiger partial charge in [0.25, 0.3) is 5.91 Å². The average molecular weight is 386 g/mol. The zero-order chi connectivity index (χ0) is 20.4. The van der Waals surface area contributed by atoms with Crippen LogP contribution in [0.3, 0.4) is 0 Å². The van der Waals surface area contributed by atoms with Crippen LogP contribution in [0.1, 0.15) is 35.3 Å². The molecule has 0 aromatic heterocycles. The van der Waals surface area contributed by atoms with Crippen LogP contribution in [0.4, 0.5) is 0 Å². The molecule has 28 heavy (non-hydrogen) atoms. The molecule has 0 saturated heterocycles. The van der Waals surface area contributed by atoms with Crippen molar-refractivity contribution < 1.29 is 24.2 Å². The third-order valence-electron chi connectivity index (χ3n) is 4.10. The van der Waals surface area contributed by atoms with Crippen molar-refractivity contribution >= 4 is 11.8 Å². The SMILES string of the molecule is CCOCCCNC(=O)[C@H](NC(=O)c1ccccc1O)c1ccc(OC)cc1. The van der Waals surface area contributed by atoms with Crippen molar-refractivity contribution in [2.24, 2.45) is 0 Å². The number of methoxy groups -OCH3 is 1. The second-order valence-electron chi connectivity index (χ2n) is 6.04. The minimum absolute atomic E-state index is 0.102. The van der Waals surface area contributed by atoms with Crippen molar-refractivity contribution in [1.29, 1.82) is 0 Å². The van der Waals surface area contributed by atoms with E-state index in [1.54, 1.807) is 43.5 Å². The Morgan fingerprint density at radius 3 is 2.46 bits per heavy atom. The van der Waals surface area contributed by atoms with E-state index < -0.39 is 11.9 Å². The molecule has 7 nitrogen and oxygen atoms in total. The molecular weight excluding hydrogens is 360 g/mol. The lowest BCUT2D eigenvalue weighted by atomic mass is 10.0. The molecule has 2 rings (SSSR count). The molecule has 0 radical (unpaired) electrons. The lowest BCUT2D eigenvalue weighted by molar-refractivity contribution is -0.123. The Balaban J connectivity index is 2.14. The molecule has 0 aliphatic carbocycles. The van der Waals surface area contributed by atoms with Gasteiger partial charge in [-0.1, -0.05) is 24.3 Å². The standard InChI is InChI=1S/C21H26N2O5/c1-3-28-14-6-13-22-21(26)19(15-9-11-16(27-2)12-10-15)23-20(25)17-7-4-5-8-18(17)24/h4-5,7-12,19,24H,3,6,13-14H2,1-2H3,(H,22,26)(H,23,25)/t19-/m1/s1. The van der Waals surface area contributed by atoms with Crippen LogP contribution in [-0.4, -0.2) is 43.8 Å². The first-order valence-corrected chi connectivity index (χ1v) is 9.15. The molecule has 0 heterocycles. The number of hydrogen-bond donors (Lipinski definition) is 3. The van der Waals surface area contributed by atoms with Gasteiger partial charge in [-0.25, -0.2) is 0 Å². The van der Waals surface area contributed by atoms with Gasteiger partial charge in [0.2, 0.25) is 5.91 Å². The molecule has 2 amide bonds. The number of rotatable bonds is 10. The Bertz CT molecular complexity index is 777. The number of carbonyl (C=O) groups excluding carboxylic acids is 2. The first-order chi connectivity index (χ1) is 13.6. The molecule has 7 heteroatoms. The van der Waals surface area contributed by atoms with Gasteiger partial charge in [0.1, 0.15) is 17.5 Å². The Hall–Kier alpha value is -3.06.